The van der Waals surface area contributed by atoms with Crippen molar-refractivity contribution in [1.82, 2.24) is 15.2 Å². The van der Waals surface area contributed by atoms with Gasteiger partial charge in [-0.25, -0.2) is 4.79 Å². The fraction of sp³-hybridized carbons (Fsp3) is 0.458. The molecule has 0 spiro atoms. The number of piperidine rings is 1. The molecule has 31 heavy (non-hydrogen) atoms. The van der Waals surface area contributed by atoms with Crippen LogP contribution in [0.15, 0.2) is 42.7 Å². The van der Waals surface area contributed by atoms with Crippen molar-refractivity contribution in [3.63, 3.8) is 0 Å². The third-order valence-electron chi connectivity index (χ3n) is 6.10. The molecule has 1 aromatic carbocycles. The molecular formula is C24H30N4O3. The molecule has 1 N–H and O–H groups in total. The van der Waals surface area contributed by atoms with E-state index in [2.05, 4.69) is 17.2 Å². The number of urea groups is 1. The Balaban J connectivity index is 1.36. The molecule has 1 aromatic heterocycles. The summed E-state index contributed by atoms with van der Waals surface area (Å²) in [5.41, 5.74) is 2.92. The first-order chi connectivity index (χ1) is 15.0. The van der Waals surface area contributed by atoms with E-state index in [0.717, 1.165) is 29.0 Å². The van der Waals surface area contributed by atoms with Gasteiger partial charge < -0.3 is 15.0 Å². The van der Waals surface area contributed by atoms with Crippen LogP contribution in [-0.2, 0) is 11.3 Å². The molecule has 1 saturated heterocycles. The highest BCUT2D eigenvalue weighted by molar-refractivity contribution is 5.94. The van der Waals surface area contributed by atoms with E-state index < -0.39 is 0 Å². The van der Waals surface area contributed by atoms with Gasteiger partial charge in [0, 0.05) is 37.9 Å². The average Bonchev–Trinajstić information content (AvgIpc) is 2.82. The second-order valence-electron chi connectivity index (χ2n) is 8.35. The van der Waals surface area contributed by atoms with Crippen molar-refractivity contribution in [1.29, 1.82) is 0 Å². The number of anilines is 1. The molecule has 7 heteroatoms. The zero-order chi connectivity index (χ0) is 21.8. The predicted molar refractivity (Wildman–Crippen MR) is 119 cm³/mol. The van der Waals surface area contributed by atoms with E-state index in [1.165, 1.54) is 0 Å². The van der Waals surface area contributed by atoms with E-state index in [1.54, 1.807) is 12.4 Å². The maximum Gasteiger partial charge on any atom is 0.324 e. The van der Waals surface area contributed by atoms with E-state index in [-0.39, 0.29) is 24.0 Å². The maximum atomic E-state index is 13.4. The minimum atomic E-state index is -0.0664. The summed E-state index contributed by atoms with van der Waals surface area (Å²) in [6.45, 7) is 6.29. The van der Waals surface area contributed by atoms with Crippen LogP contribution in [-0.4, -0.2) is 47.6 Å². The smallest absolute Gasteiger partial charge is 0.324 e. The number of aromatic nitrogens is 1. The number of rotatable bonds is 4. The lowest BCUT2D eigenvalue weighted by Gasteiger charge is -2.39. The third kappa shape index (κ3) is 4.81. The SMILES string of the molecule is CC[C@H]1CN(C(=O)N2CCC(C(=O)NCc3cccnc3)CC2)c2cc(C)ccc2O1. The van der Waals surface area contributed by atoms with Gasteiger partial charge in [0.05, 0.1) is 12.2 Å². The molecule has 3 heterocycles. The Morgan fingerprint density at radius 1 is 1.23 bits per heavy atom. The lowest BCUT2D eigenvalue weighted by atomic mass is 9.96. The number of ether oxygens (including phenoxy) is 1. The molecule has 0 aliphatic carbocycles. The second-order valence-corrected chi connectivity index (χ2v) is 8.35. The van der Waals surface area contributed by atoms with Gasteiger partial charge in [0.2, 0.25) is 5.91 Å². The Bertz CT molecular complexity index is 926. The quantitative estimate of drug-likeness (QED) is 0.818. The van der Waals surface area contributed by atoms with Gasteiger partial charge in [-0.1, -0.05) is 19.1 Å². The van der Waals surface area contributed by atoms with Crippen molar-refractivity contribution in [3.8, 4) is 5.75 Å². The number of carbonyl (C=O) groups excluding carboxylic acids is 2. The van der Waals surface area contributed by atoms with Gasteiger partial charge in [-0.05, 0) is 55.5 Å². The van der Waals surface area contributed by atoms with Gasteiger partial charge in [-0.2, -0.15) is 0 Å². The predicted octanol–water partition coefficient (Wildman–Crippen LogP) is 3.52. The van der Waals surface area contributed by atoms with Crippen LogP contribution in [0, 0.1) is 12.8 Å². The van der Waals surface area contributed by atoms with Gasteiger partial charge in [-0.15, -0.1) is 0 Å². The normalized spacial score (nSPS) is 18.8. The number of hydrogen-bond acceptors (Lipinski definition) is 4. The van der Waals surface area contributed by atoms with E-state index in [9.17, 15) is 9.59 Å². The molecule has 0 radical (unpaired) electrons. The topological polar surface area (TPSA) is 74.8 Å². The number of hydrogen-bond donors (Lipinski definition) is 1. The van der Waals surface area contributed by atoms with Gasteiger partial charge in [0.1, 0.15) is 11.9 Å². The largest absolute Gasteiger partial charge is 0.486 e. The third-order valence-corrected chi connectivity index (χ3v) is 6.10. The second kappa shape index (κ2) is 9.37. The van der Waals surface area contributed by atoms with Crippen LogP contribution in [0.3, 0.4) is 0 Å². The first-order valence-electron chi connectivity index (χ1n) is 11.1. The molecule has 2 aromatic rings. The molecule has 0 saturated carbocycles. The van der Waals surface area contributed by atoms with Crippen LogP contribution in [0.1, 0.15) is 37.3 Å². The number of carbonyl (C=O) groups is 2. The Kier molecular flexibility index (Phi) is 6.39. The number of benzene rings is 1. The summed E-state index contributed by atoms with van der Waals surface area (Å²) in [5, 5.41) is 3.00. The standard InChI is InChI=1S/C24H30N4O3/c1-3-20-16-28(21-13-17(2)6-7-22(21)31-20)24(30)27-11-8-19(9-12-27)23(29)26-15-18-5-4-10-25-14-18/h4-7,10,13-14,19-20H,3,8-9,11-12,15-16H2,1-2H3,(H,26,29)/t20-/m0/s1. The van der Waals surface area contributed by atoms with E-state index in [4.69, 9.17) is 4.74 Å². The minimum absolute atomic E-state index is 0.00261. The van der Waals surface area contributed by atoms with E-state index in [0.29, 0.717) is 39.0 Å². The van der Waals surface area contributed by atoms with Crippen LogP contribution >= 0.6 is 0 Å². The summed E-state index contributed by atoms with van der Waals surface area (Å²) >= 11 is 0. The Labute approximate surface area is 183 Å². The Morgan fingerprint density at radius 3 is 2.74 bits per heavy atom. The van der Waals surface area contributed by atoms with Crippen molar-refractivity contribution in [2.45, 2.75) is 45.8 Å². The molecule has 164 valence electrons. The number of aryl methyl sites for hydroxylation is 1. The molecule has 2 aliphatic rings. The Morgan fingerprint density at radius 2 is 2.03 bits per heavy atom. The molecular weight excluding hydrogens is 392 g/mol. The van der Waals surface area contributed by atoms with Gasteiger partial charge in [-0.3, -0.25) is 14.7 Å². The fourth-order valence-electron chi connectivity index (χ4n) is 4.19. The molecule has 3 amide bonds. The van der Waals surface area contributed by atoms with Crippen molar-refractivity contribution < 1.29 is 14.3 Å². The highest BCUT2D eigenvalue weighted by Gasteiger charge is 2.34. The average molecular weight is 423 g/mol. The Hall–Kier alpha value is -3.09. The zero-order valence-corrected chi connectivity index (χ0v) is 18.2. The van der Waals surface area contributed by atoms with Gasteiger partial charge >= 0.3 is 6.03 Å². The fourth-order valence-corrected chi connectivity index (χ4v) is 4.19. The first kappa shape index (κ1) is 21.2. The van der Waals surface area contributed by atoms with E-state index in [1.807, 2.05) is 47.1 Å². The molecule has 1 fully saturated rings. The highest BCUT2D eigenvalue weighted by atomic mass is 16.5. The van der Waals surface area contributed by atoms with E-state index >= 15 is 0 Å². The number of pyridine rings is 1. The first-order valence-corrected chi connectivity index (χ1v) is 11.1. The number of likely N-dealkylation sites (tertiary alicyclic amines) is 1. The zero-order valence-electron chi connectivity index (χ0n) is 18.2. The van der Waals surface area contributed by atoms with Crippen LogP contribution < -0.4 is 15.0 Å². The molecule has 2 aliphatic heterocycles. The van der Waals surface area contributed by atoms with Crippen molar-refractivity contribution in [3.05, 3.63) is 53.9 Å². The highest BCUT2D eigenvalue weighted by Crippen LogP contribution is 2.36. The monoisotopic (exact) mass is 422 g/mol. The molecule has 7 nitrogen and oxygen atoms in total. The lowest BCUT2D eigenvalue weighted by molar-refractivity contribution is -0.126. The molecule has 4 rings (SSSR count). The summed E-state index contributed by atoms with van der Waals surface area (Å²) in [7, 11) is 0. The van der Waals surface area contributed by atoms with Crippen LogP contribution in [0.5, 0.6) is 5.75 Å². The maximum absolute atomic E-state index is 13.4. The molecule has 0 bridgehead atoms. The molecule has 0 unspecified atom stereocenters. The molecule has 1 atom stereocenters. The van der Waals surface area contributed by atoms with Crippen LogP contribution in [0.25, 0.3) is 0 Å². The summed E-state index contributed by atoms with van der Waals surface area (Å²) in [6, 6.07) is 9.78. The number of nitrogens with one attached hydrogen (secondary N) is 1. The van der Waals surface area contributed by atoms with Gasteiger partial charge in [0.15, 0.2) is 0 Å². The summed E-state index contributed by atoms with van der Waals surface area (Å²) in [5.74, 6) is 0.749. The van der Waals surface area contributed by atoms with Crippen molar-refractivity contribution in [2.24, 2.45) is 5.92 Å². The van der Waals surface area contributed by atoms with Crippen LogP contribution in [0.4, 0.5) is 10.5 Å². The number of nitrogens with zero attached hydrogens (tertiary/aromatic N) is 3. The van der Waals surface area contributed by atoms with Crippen molar-refractivity contribution in [2.75, 3.05) is 24.5 Å². The number of amides is 3. The summed E-state index contributed by atoms with van der Waals surface area (Å²) in [4.78, 5) is 33.7. The summed E-state index contributed by atoms with van der Waals surface area (Å²) < 4.78 is 6.05. The minimum Gasteiger partial charge on any atom is -0.486 e. The van der Waals surface area contributed by atoms with Gasteiger partial charge in [0.25, 0.3) is 0 Å². The van der Waals surface area contributed by atoms with Crippen molar-refractivity contribution >= 4 is 17.6 Å². The van der Waals surface area contributed by atoms with Crippen LogP contribution in [0.2, 0.25) is 0 Å². The number of fused-ring (bicyclic) bond motifs is 1. The summed E-state index contributed by atoms with van der Waals surface area (Å²) in [6.07, 6.45) is 5.66. The lowest BCUT2D eigenvalue weighted by Crippen LogP contribution is -2.52.